The molecule has 2 nitrogen and oxygen atoms in total. The van der Waals surface area contributed by atoms with Gasteiger partial charge in [0.1, 0.15) is 6.17 Å². The van der Waals surface area contributed by atoms with Crippen molar-refractivity contribution in [3.63, 3.8) is 0 Å². The van der Waals surface area contributed by atoms with Crippen molar-refractivity contribution in [3.8, 4) is 0 Å². The highest BCUT2D eigenvalue weighted by atomic mass is 15.1. The van der Waals surface area contributed by atoms with E-state index in [1.807, 2.05) is 0 Å². The molecule has 1 heterocycles. The number of hydrogen-bond donors (Lipinski definition) is 1. The summed E-state index contributed by atoms with van der Waals surface area (Å²) >= 11 is 0. The highest BCUT2D eigenvalue weighted by Crippen LogP contribution is 2.42. The second kappa shape index (κ2) is 15.1. The number of nitrogens with zero attached hydrogens (tertiary/aromatic N) is 1. The number of nitrogens with one attached hydrogen (secondary N) is 1. The molecule has 6 aliphatic rings. The third-order valence-electron chi connectivity index (χ3n) is 12.1. The maximum absolute atomic E-state index is 5.46. The first-order valence-electron chi connectivity index (χ1n) is 20.4. The zero-order chi connectivity index (χ0) is 37.3. The Balaban J connectivity index is 1.06. The third-order valence-corrected chi connectivity index (χ3v) is 12.1. The van der Waals surface area contributed by atoms with Crippen LogP contribution in [0.25, 0.3) is 22.3 Å². The topological polar surface area (TPSA) is 24.4 Å². The molecule has 0 spiro atoms. The second-order valence-electron chi connectivity index (χ2n) is 15.6. The van der Waals surface area contributed by atoms with Gasteiger partial charge in [0.25, 0.3) is 0 Å². The van der Waals surface area contributed by atoms with Crippen molar-refractivity contribution < 1.29 is 0 Å². The molecule has 4 aromatic rings. The summed E-state index contributed by atoms with van der Waals surface area (Å²) in [6.45, 7) is 0. The van der Waals surface area contributed by atoms with Gasteiger partial charge in [0, 0.05) is 34.6 Å². The zero-order valence-electron chi connectivity index (χ0n) is 31.7. The Morgan fingerprint density at radius 1 is 0.607 bits per heavy atom. The minimum Gasteiger partial charge on any atom is -0.362 e. The Kier molecular flexibility index (Phi) is 9.25. The van der Waals surface area contributed by atoms with Crippen LogP contribution < -0.4 is 5.32 Å². The lowest BCUT2D eigenvalue weighted by Gasteiger charge is -2.34. The molecule has 0 aromatic heterocycles. The van der Waals surface area contributed by atoms with Crippen LogP contribution >= 0.6 is 0 Å². The van der Waals surface area contributed by atoms with Crippen LogP contribution in [0.1, 0.15) is 64.6 Å². The molecule has 5 aliphatic carbocycles. The summed E-state index contributed by atoms with van der Waals surface area (Å²) in [5.74, 6) is 0.893. The predicted molar refractivity (Wildman–Crippen MR) is 236 cm³/mol. The van der Waals surface area contributed by atoms with Crippen LogP contribution in [-0.4, -0.2) is 11.9 Å². The van der Waals surface area contributed by atoms with E-state index in [1.165, 1.54) is 66.9 Å². The minimum atomic E-state index is -0.140. The Labute approximate surface area is 331 Å². The van der Waals surface area contributed by atoms with Gasteiger partial charge in [-0.2, -0.15) is 0 Å². The van der Waals surface area contributed by atoms with Gasteiger partial charge in [-0.25, -0.2) is 0 Å². The Morgan fingerprint density at radius 2 is 1.38 bits per heavy atom. The fourth-order valence-electron chi connectivity index (χ4n) is 9.30. The average Bonchev–Trinajstić information content (AvgIpc) is 3.29. The highest BCUT2D eigenvalue weighted by Gasteiger charge is 2.31. The fraction of sp³-hybridized carbons (Fsp3) is 0.167. The number of aliphatic imine (C=N–C) groups is 1. The lowest BCUT2D eigenvalue weighted by Crippen LogP contribution is -2.38. The molecule has 4 unspecified atom stereocenters. The molecule has 272 valence electrons. The van der Waals surface area contributed by atoms with E-state index < -0.39 is 0 Å². The van der Waals surface area contributed by atoms with E-state index in [0.29, 0.717) is 11.8 Å². The zero-order valence-corrected chi connectivity index (χ0v) is 31.7. The molecule has 2 heteroatoms. The summed E-state index contributed by atoms with van der Waals surface area (Å²) < 4.78 is 0. The van der Waals surface area contributed by atoms with Crippen LogP contribution in [0.4, 0.5) is 0 Å². The molecule has 0 bridgehead atoms. The molecule has 0 radical (unpaired) electrons. The molecule has 56 heavy (non-hydrogen) atoms. The van der Waals surface area contributed by atoms with Gasteiger partial charge in [-0.1, -0.05) is 170 Å². The van der Waals surface area contributed by atoms with E-state index in [0.717, 1.165) is 43.4 Å². The molecular weight excluding hydrogens is 677 g/mol. The lowest BCUT2D eigenvalue weighted by molar-refractivity contribution is 0.594. The van der Waals surface area contributed by atoms with Crippen LogP contribution in [0.15, 0.2) is 204 Å². The molecule has 0 saturated heterocycles. The molecule has 4 aromatic carbocycles. The maximum Gasteiger partial charge on any atom is 0.144 e. The van der Waals surface area contributed by atoms with Crippen molar-refractivity contribution in [3.05, 3.63) is 238 Å². The molecule has 0 amide bonds. The van der Waals surface area contributed by atoms with E-state index in [2.05, 4.69) is 194 Å². The highest BCUT2D eigenvalue weighted by molar-refractivity contribution is 6.33. The number of aryl methyl sites for hydroxylation is 1. The Bertz CT molecular complexity index is 2520. The van der Waals surface area contributed by atoms with Crippen LogP contribution in [-0.2, 0) is 6.42 Å². The number of rotatable bonds is 7. The fourth-order valence-corrected chi connectivity index (χ4v) is 9.30. The van der Waals surface area contributed by atoms with Gasteiger partial charge in [0.15, 0.2) is 0 Å². The van der Waals surface area contributed by atoms with Crippen molar-refractivity contribution in [1.82, 2.24) is 5.32 Å². The largest absolute Gasteiger partial charge is 0.362 e. The molecule has 1 aliphatic heterocycles. The van der Waals surface area contributed by atoms with Crippen molar-refractivity contribution >= 4 is 28.0 Å². The number of allylic oxidation sites excluding steroid dienone is 16. The van der Waals surface area contributed by atoms with Gasteiger partial charge >= 0.3 is 0 Å². The quantitative estimate of drug-likeness (QED) is 0.202. The molecule has 0 fully saturated rings. The Morgan fingerprint density at radius 3 is 2.20 bits per heavy atom. The van der Waals surface area contributed by atoms with Gasteiger partial charge < -0.3 is 5.32 Å². The number of fused-ring (bicyclic) bond motifs is 2. The van der Waals surface area contributed by atoms with Gasteiger partial charge in [0.05, 0.1) is 5.71 Å². The SMILES string of the molecule is C1=CC2C=CC=C(c3cc(C4=CCC(C5=C(c6ccccc6)C(c6ccccc6)=NC(C6=CCCC=C6)N5)C=C4)cc(C4=CCCc5ccccc54)c3)C2C=C1. The first kappa shape index (κ1) is 34.3. The lowest BCUT2D eigenvalue weighted by atomic mass is 9.75. The molecule has 0 saturated carbocycles. The van der Waals surface area contributed by atoms with Crippen LogP contribution in [0.2, 0.25) is 0 Å². The van der Waals surface area contributed by atoms with Crippen molar-refractivity contribution in [2.24, 2.45) is 22.7 Å². The van der Waals surface area contributed by atoms with E-state index in [-0.39, 0.29) is 12.1 Å². The third kappa shape index (κ3) is 6.60. The summed E-state index contributed by atoms with van der Waals surface area (Å²) in [7, 11) is 0. The van der Waals surface area contributed by atoms with Gasteiger partial charge in [0.2, 0.25) is 0 Å². The summed E-state index contributed by atoms with van der Waals surface area (Å²) in [6.07, 6.45) is 37.7. The van der Waals surface area contributed by atoms with Crippen molar-refractivity contribution in [1.29, 1.82) is 0 Å². The van der Waals surface area contributed by atoms with Crippen LogP contribution in [0.5, 0.6) is 0 Å². The summed E-state index contributed by atoms with van der Waals surface area (Å²) in [5, 5.41) is 3.99. The van der Waals surface area contributed by atoms with E-state index in [4.69, 9.17) is 4.99 Å². The smallest absolute Gasteiger partial charge is 0.144 e. The first-order valence-corrected chi connectivity index (χ1v) is 20.4. The monoisotopic (exact) mass is 722 g/mol. The maximum atomic E-state index is 5.46. The van der Waals surface area contributed by atoms with Gasteiger partial charge in [-0.3, -0.25) is 4.99 Å². The van der Waals surface area contributed by atoms with Crippen molar-refractivity contribution in [2.45, 2.75) is 38.3 Å². The van der Waals surface area contributed by atoms with E-state index >= 15 is 0 Å². The summed E-state index contributed by atoms with van der Waals surface area (Å²) in [4.78, 5) is 5.46. The molecule has 1 N–H and O–H groups in total. The van der Waals surface area contributed by atoms with Crippen LogP contribution in [0.3, 0.4) is 0 Å². The van der Waals surface area contributed by atoms with Crippen LogP contribution in [0, 0.1) is 17.8 Å². The predicted octanol–water partition coefficient (Wildman–Crippen LogP) is 12.4. The minimum absolute atomic E-state index is 0.140. The molecular formula is C54H46N2. The van der Waals surface area contributed by atoms with E-state index in [1.54, 1.807) is 0 Å². The van der Waals surface area contributed by atoms with E-state index in [9.17, 15) is 0 Å². The Hall–Kier alpha value is -6.25. The summed E-state index contributed by atoms with van der Waals surface area (Å²) in [5.41, 5.74) is 17.7. The average molecular weight is 723 g/mol. The van der Waals surface area contributed by atoms with Gasteiger partial charge in [-0.15, -0.1) is 0 Å². The first-order chi connectivity index (χ1) is 27.8. The van der Waals surface area contributed by atoms with Crippen molar-refractivity contribution in [2.75, 3.05) is 0 Å². The molecule has 10 rings (SSSR count). The second-order valence-corrected chi connectivity index (χ2v) is 15.6. The standard InChI is InChI=1S/C54H46N2/c1-4-18-40(19-5-1)51-52(41-20-6-2-7-21-41)55-54(43-22-8-3-9-23-43)56-53(51)42-32-30-37(31-33-42)44-34-45(49-28-14-24-38-16-10-12-26-47(38)49)36-46(35-44)50-29-15-25-39-17-11-13-27-48(39)50/h1-2,4-8,10-14,16-24,26-32,34-36,38,42,47,54,56H,3,9,15,25,33H2. The summed E-state index contributed by atoms with van der Waals surface area (Å²) in [6, 6.07) is 37.9. The number of benzene rings is 4. The normalized spacial score (nSPS) is 23.6. The number of hydrogen-bond acceptors (Lipinski definition) is 2. The molecule has 4 atom stereocenters. The van der Waals surface area contributed by atoms with Gasteiger partial charge in [-0.05, 0) is 106 Å².